The van der Waals surface area contributed by atoms with Crippen molar-refractivity contribution in [3.05, 3.63) is 35.7 Å². The van der Waals surface area contributed by atoms with Gasteiger partial charge < -0.3 is 5.32 Å². The summed E-state index contributed by atoms with van der Waals surface area (Å²) in [5, 5.41) is 3.38. The second kappa shape index (κ2) is 5.43. The Bertz CT molecular complexity index is 312. The number of pyridine rings is 1. The van der Waals surface area contributed by atoms with Crippen LogP contribution in [-0.4, -0.2) is 11.5 Å². The molecule has 0 atom stereocenters. The predicted octanol–water partition coefficient (Wildman–Crippen LogP) is 3.16. The number of nitrogens with zero attached hydrogens (tertiary/aromatic N) is 1. The van der Waals surface area contributed by atoms with Crippen LogP contribution in [0.25, 0.3) is 0 Å². The monoisotopic (exact) mass is 190 g/mol. The first kappa shape index (κ1) is 10.8. The SMILES string of the molecule is CC(C)=CCCNc1ccncc1C. The number of aryl methyl sites for hydroxylation is 1. The molecular formula is C12H18N2. The van der Waals surface area contributed by atoms with Gasteiger partial charge in [-0.15, -0.1) is 0 Å². The molecule has 0 saturated heterocycles. The number of hydrogen-bond acceptors (Lipinski definition) is 2. The van der Waals surface area contributed by atoms with Crippen molar-refractivity contribution in [1.29, 1.82) is 0 Å². The van der Waals surface area contributed by atoms with Crippen LogP contribution in [0.4, 0.5) is 5.69 Å². The Morgan fingerprint density at radius 2 is 2.29 bits per heavy atom. The molecule has 0 aliphatic carbocycles. The molecule has 0 bridgehead atoms. The molecule has 14 heavy (non-hydrogen) atoms. The summed E-state index contributed by atoms with van der Waals surface area (Å²) < 4.78 is 0. The molecule has 1 aromatic rings. The van der Waals surface area contributed by atoms with E-state index in [1.807, 2.05) is 18.5 Å². The van der Waals surface area contributed by atoms with Crippen LogP contribution in [-0.2, 0) is 0 Å². The quantitative estimate of drug-likeness (QED) is 0.582. The minimum absolute atomic E-state index is 0.982. The van der Waals surface area contributed by atoms with E-state index in [9.17, 15) is 0 Å². The molecule has 0 aliphatic heterocycles. The van der Waals surface area contributed by atoms with Gasteiger partial charge in [-0.25, -0.2) is 0 Å². The third kappa shape index (κ3) is 3.60. The van der Waals surface area contributed by atoms with E-state index in [2.05, 4.69) is 37.1 Å². The average Bonchev–Trinajstić information content (AvgIpc) is 2.15. The third-order valence-corrected chi connectivity index (χ3v) is 2.03. The smallest absolute Gasteiger partial charge is 0.0400 e. The van der Waals surface area contributed by atoms with Crippen LogP contribution in [0.1, 0.15) is 25.8 Å². The van der Waals surface area contributed by atoms with Crippen molar-refractivity contribution in [1.82, 2.24) is 4.98 Å². The molecule has 0 unspecified atom stereocenters. The number of anilines is 1. The number of rotatable bonds is 4. The highest BCUT2D eigenvalue weighted by atomic mass is 14.9. The van der Waals surface area contributed by atoms with Crippen LogP contribution >= 0.6 is 0 Å². The van der Waals surface area contributed by atoms with Gasteiger partial charge in [-0.3, -0.25) is 4.98 Å². The number of aromatic nitrogens is 1. The van der Waals surface area contributed by atoms with Gasteiger partial charge in [-0.2, -0.15) is 0 Å². The molecule has 0 spiro atoms. The first-order chi connectivity index (χ1) is 6.70. The molecule has 0 fully saturated rings. The standard InChI is InChI=1S/C12H18N2/c1-10(2)5-4-7-14-12-6-8-13-9-11(12)3/h5-6,8-9H,4,7H2,1-3H3,(H,13,14). The average molecular weight is 190 g/mol. The molecule has 2 heteroatoms. The fourth-order valence-corrected chi connectivity index (χ4v) is 1.24. The van der Waals surface area contributed by atoms with Gasteiger partial charge in [0, 0.05) is 24.6 Å². The van der Waals surface area contributed by atoms with Crippen molar-refractivity contribution in [3.63, 3.8) is 0 Å². The summed E-state index contributed by atoms with van der Waals surface area (Å²) >= 11 is 0. The number of hydrogen-bond donors (Lipinski definition) is 1. The maximum Gasteiger partial charge on any atom is 0.0400 e. The van der Waals surface area contributed by atoms with E-state index in [-0.39, 0.29) is 0 Å². The zero-order valence-corrected chi connectivity index (χ0v) is 9.17. The molecule has 0 aliphatic rings. The van der Waals surface area contributed by atoms with E-state index < -0.39 is 0 Å². The van der Waals surface area contributed by atoms with Crippen molar-refractivity contribution in [2.24, 2.45) is 0 Å². The van der Waals surface area contributed by atoms with Crippen LogP contribution in [0.5, 0.6) is 0 Å². The summed E-state index contributed by atoms with van der Waals surface area (Å²) in [6.45, 7) is 7.29. The molecule has 1 N–H and O–H groups in total. The van der Waals surface area contributed by atoms with Crippen molar-refractivity contribution in [3.8, 4) is 0 Å². The highest BCUT2D eigenvalue weighted by Gasteiger charge is 1.94. The van der Waals surface area contributed by atoms with E-state index in [1.54, 1.807) is 0 Å². The highest BCUT2D eigenvalue weighted by molar-refractivity contribution is 5.48. The molecule has 1 rings (SSSR count). The lowest BCUT2D eigenvalue weighted by atomic mass is 10.2. The summed E-state index contributed by atoms with van der Waals surface area (Å²) in [7, 11) is 0. The Morgan fingerprint density at radius 1 is 1.50 bits per heavy atom. The summed E-state index contributed by atoms with van der Waals surface area (Å²) in [4.78, 5) is 4.05. The Hall–Kier alpha value is -1.31. The maximum atomic E-state index is 4.05. The molecule has 0 saturated carbocycles. The minimum atomic E-state index is 0.982. The van der Waals surface area contributed by atoms with E-state index in [4.69, 9.17) is 0 Å². The van der Waals surface area contributed by atoms with Crippen molar-refractivity contribution in [2.45, 2.75) is 27.2 Å². The molecule has 0 amide bonds. The number of nitrogens with one attached hydrogen (secondary N) is 1. The summed E-state index contributed by atoms with van der Waals surface area (Å²) in [6.07, 6.45) is 7.01. The molecule has 2 nitrogen and oxygen atoms in total. The molecule has 76 valence electrons. The topological polar surface area (TPSA) is 24.9 Å². The largest absolute Gasteiger partial charge is 0.384 e. The van der Waals surface area contributed by atoms with Crippen LogP contribution in [0.2, 0.25) is 0 Å². The minimum Gasteiger partial charge on any atom is -0.384 e. The first-order valence-corrected chi connectivity index (χ1v) is 4.98. The van der Waals surface area contributed by atoms with E-state index in [0.717, 1.165) is 13.0 Å². The summed E-state index contributed by atoms with van der Waals surface area (Å²) in [6, 6.07) is 2.01. The molecule has 1 heterocycles. The molecule has 0 radical (unpaired) electrons. The molecule has 0 aromatic carbocycles. The second-order valence-electron chi connectivity index (χ2n) is 3.69. The van der Waals surface area contributed by atoms with Crippen LogP contribution in [0, 0.1) is 6.92 Å². The normalized spacial score (nSPS) is 9.64. The predicted molar refractivity (Wildman–Crippen MR) is 61.5 cm³/mol. The van der Waals surface area contributed by atoms with Crippen molar-refractivity contribution >= 4 is 5.69 Å². The summed E-state index contributed by atoms with van der Waals surface area (Å²) in [5.74, 6) is 0. The summed E-state index contributed by atoms with van der Waals surface area (Å²) in [5.41, 5.74) is 3.75. The van der Waals surface area contributed by atoms with Gasteiger partial charge >= 0.3 is 0 Å². The molecular weight excluding hydrogens is 172 g/mol. The zero-order valence-electron chi connectivity index (χ0n) is 9.17. The fraction of sp³-hybridized carbons (Fsp3) is 0.417. The Morgan fingerprint density at radius 3 is 2.93 bits per heavy atom. The van der Waals surface area contributed by atoms with Gasteiger partial charge in [-0.05, 0) is 38.8 Å². The fourth-order valence-electron chi connectivity index (χ4n) is 1.24. The second-order valence-corrected chi connectivity index (χ2v) is 3.69. The molecule has 1 aromatic heterocycles. The lowest BCUT2D eigenvalue weighted by Gasteiger charge is -2.06. The van der Waals surface area contributed by atoms with Gasteiger partial charge in [-0.1, -0.05) is 11.6 Å². The van der Waals surface area contributed by atoms with Crippen molar-refractivity contribution < 1.29 is 0 Å². The highest BCUT2D eigenvalue weighted by Crippen LogP contribution is 2.11. The zero-order chi connectivity index (χ0) is 10.4. The number of allylic oxidation sites excluding steroid dienone is 1. The van der Waals surface area contributed by atoms with Crippen LogP contribution < -0.4 is 5.32 Å². The van der Waals surface area contributed by atoms with Gasteiger partial charge in [0.05, 0.1) is 0 Å². The van der Waals surface area contributed by atoms with Gasteiger partial charge in [0.25, 0.3) is 0 Å². The van der Waals surface area contributed by atoms with E-state index in [0.29, 0.717) is 0 Å². The lowest BCUT2D eigenvalue weighted by molar-refractivity contribution is 1.04. The van der Waals surface area contributed by atoms with E-state index in [1.165, 1.54) is 16.8 Å². The van der Waals surface area contributed by atoms with Gasteiger partial charge in [0.1, 0.15) is 0 Å². The first-order valence-electron chi connectivity index (χ1n) is 4.98. The van der Waals surface area contributed by atoms with E-state index >= 15 is 0 Å². The van der Waals surface area contributed by atoms with Gasteiger partial charge in [0.15, 0.2) is 0 Å². The van der Waals surface area contributed by atoms with Crippen LogP contribution in [0.15, 0.2) is 30.1 Å². The Balaban J connectivity index is 2.39. The Labute approximate surface area is 86.1 Å². The Kier molecular flexibility index (Phi) is 4.17. The lowest BCUT2D eigenvalue weighted by Crippen LogP contribution is -2.02. The third-order valence-electron chi connectivity index (χ3n) is 2.03. The van der Waals surface area contributed by atoms with Crippen LogP contribution in [0.3, 0.4) is 0 Å². The maximum absolute atomic E-state index is 4.05. The van der Waals surface area contributed by atoms with Gasteiger partial charge in [0.2, 0.25) is 0 Å². The van der Waals surface area contributed by atoms with Crippen molar-refractivity contribution in [2.75, 3.05) is 11.9 Å².